The summed E-state index contributed by atoms with van der Waals surface area (Å²) in [6, 6.07) is 9.49. The maximum absolute atomic E-state index is 12.0. The van der Waals surface area contributed by atoms with Crippen LogP contribution in [0.2, 0.25) is 0 Å². The van der Waals surface area contributed by atoms with E-state index in [-0.39, 0.29) is 18.4 Å². The van der Waals surface area contributed by atoms with E-state index in [1.807, 2.05) is 37.3 Å². The number of benzene rings is 1. The zero-order valence-electron chi connectivity index (χ0n) is 10.6. The molecule has 2 amide bonds. The average molecular weight is 246 g/mol. The van der Waals surface area contributed by atoms with Gasteiger partial charge in [-0.3, -0.25) is 14.5 Å². The molecule has 1 aromatic rings. The minimum absolute atomic E-state index is 0.122. The highest BCUT2D eigenvalue weighted by Crippen LogP contribution is 2.31. The van der Waals surface area contributed by atoms with E-state index in [1.54, 1.807) is 0 Å². The standard InChI is InChI=1S/C14H18N2O2/c1-14(10-15,11-6-3-2-4-7-11)16-12(17)8-5-9-13(16)18/h2-4,6-7H,5,8-10,15H2,1H3. The van der Waals surface area contributed by atoms with Crippen LogP contribution in [0.25, 0.3) is 0 Å². The van der Waals surface area contributed by atoms with Gasteiger partial charge in [0.2, 0.25) is 11.8 Å². The number of imide groups is 1. The van der Waals surface area contributed by atoms with Crippen molar-refractivity contribution in [2.45, 2.75) is 31.7 Å². The van der Waals surface area contributed by atoms with Gasteiger partial charge in [-0.2, -0.15) is 0 Å². The monoisotopic (exact) mass is 246 g/mol. The second-order valence-electron chi connectivity index (χ2n) is 4.82. The van der Waals surface area contributed by atoms with Gasteiger partial charge in [0, 0.05) is 19.4 Å². The van der Waals surface area contributed by atoms with Gasteiger partial charge in [-0.05, 0) is 18.9 Å². The van der Waals surface area contributed by atoms with Crippen LogP contribution in [0.4, 0.5) is 0 Å². The summed E-state index contributed by atoms with van der Waals surface area (Å²) in [5.74, 6) is -0.244. The van der Waals surface area contributed by atoms with E-state index < -0.39 is 5.54 Å². The number of rotatable bonds is 3. The molecule has 0 aromatic heterocycles. The lowest BCUT2D eigenvalue weighted by molar-refractivity contribution is -0.155. The summed E-state index contributed by atoms with van der Waals surface area (Å²) in [6.45, 7) is 2.08. The number of nitrogens with two attached hydrogens (primary N) is 1. The van der Waals surface area contributed by atoms with E-state index in [9.17, 15) is 9.59 Å². The molecule has 1 fully saturated rings. The molecule has 2 N–H and O–H groups in total. The first-order chi connectivity index (χ1) is 8.59. The predicted octanol–water partition coefficient (Wildman–Crippen LogP) is 1.40. The van der Waals surface area contributed by atoms with Crippen LogP contribution in [-0.2, 0) is 15.1 Å². The molecule has 4 nitrogen and oxygen atoms in total. The van der Waals surface area contributed by atoms with Gasteiger partial charge in [0.1, 0.15) is 0 Å². The Labute approximate surface area is 107 Å². The largest absolute Gasteiger partial charge is 0.328 e. The lowest BCUT2D eigenvalue weighted by atomic mass is 9.88. The van der Waals surface area contributed by atoms with E-state index in [1.165, 1.54) is 4.90 Å². The molecule has 1 aliphatic heterocycles. The van der Waals surface area contributed by atoms with E-state index in [0.29, 0.717) is 19.3 Å². The quantitative estimate of drug-likeness (QED) is 0.820. The van der Waals surface area contributed by atoms with Crippen molar-refractivity contribution in [3.8, 4) is 0 Å². The molecule has 96 valence electrons. The zero-order valence-corrected chi connectivity index (χ0v) is 10.6. The van der Waals surface area contributed by atoms with Gasteiger partial charge in [-0.25, -0.2) is 0 Å². The summed E-state index contributed by atoms with van der Waals surface area (Å²) in [6.07, 6.45) is 1.49. The number of nitrogens with zero attached hydrogens (tertiary/aromatic N) is 1. The van der Waals surface area contributed by atoms with Crippen LogP contribution in [0.5, 0.6) is 0 Å². The Balaban J connectivity index is 2.43. The predicted molar refractivity (Wildman–Crippen MR) is 68.6 cm³/mol. The summed E-state index contributed by atoms with van der Waals surface area (Å²) in [5, 5.41) is 0. The number of likely N-dealkylation sites (tertiary alicyclic amines) is 1. The number of hydrogen-bond donors (Lipinski definition) is 1. The van der Waals surface area contributed by atoms with Crippen molar-refractivity contribution < 1.29 is 9.59 Å². The summed E-state index contributed by atoms with van der Waals surface area (Å²) in [4.78, 5) is 25.4. The Morgan fingerprint density at radius 1 is 1.17 bits per heavy atom. The molecule has 2 rings (SSSR count). The summed E-state index contributed by atoms with van der Waals surface area (Å²) in [5.41, 5.74) is 6.01. The first-order valence-corrected chi connectivity index (χ1v) is 6.21. The van der Waals surface area contributed by atoms with Gasteiger partial charge in [0.05, 0.1) is 5.54 Å². The highest BCUT2D eigenvalue weighted by molar-refractivity contribution is 5.98. The first kappa shape index (κ1) is 12.8. The van der Waals surface area contributed by atoms with E-state index in [0.717, 1.165) is 5.56 Å². The lowest BCUT2D eigenvalue weighted by Gasteiger charge is -2.41. The number of carbonyl (C=O) groups excluding carboxylic acids is 2. The van der Waals surface area contributed by atoms with E-state index in [2.05, 4.69) is 0 Å². The van der Waals surface area contributed by atoms with Crippen LogP contribution in [-0.4, -0.2) is 23.3 Å². The molecule has 0 spiro atoms. The van der Waals surface area contributed by atoms with Crippen LogP contribution in [0.3, 0.4) is 0 Å². The van der Waals surface area contributed by atoms with Crippen LogP contribution in [0.1, 0.15) is 31.7 Å². The van der Waals surface area contributed by atoms with Crippen molar-refractivity contribution in [1.29, 1.82) is 0 Å². The minimum Gasteiger partial charge on any atom is -0.328 e. The smallest absolute Gasteiger partial charge is 0.230 e. The first-order valence-electron chi connectivity index (χ1n) is 6.21. The van der Waals surface area contributed by atoms with Crippen LogP contribution < -0.4 is 5.73 Å². The summed E-state index contributed by atoms with van der Waals surface area (Å²) < 4.78 is 0. The fourth-order valence-corrected chi connectivity index (χ4v) is 2.44. The van der Waals surface area contributed by atoms with Gasteiger partial charge in [0.15, 0.2) is 0 Å². The lowest BCUT2D eigenvalue weighted by Crippen LogP contribution is -2.56. The van der Waals surface area contributed by atoms with Crippen molar-refractivity contribution in [2.24, 2.45) is 5.73 Å². The molecule has 1 aliphatic rings. The fourth-order valence-electron chi connectivity index (χ4n) is 2.44. The van der Waals surface area contributed by atoms with E-state index >= 15 is 0 Å². The van der Waals surface area contributed by atoms with Crippen molar-refractivity contribution in [3.05, 3.63) is 35.9 Å². The molecular weight excluding hydrogens is 228 g/mol. The minimum atomic E-state index is -0.740. The fraction of sp³-hybridized carbons (Fsp3) is 0.429. The highest BCUT2D eigenvalue weighted by atomic mass is 16.2. The van der Waals surface area contributed by atoms with Crippen LogP contribution in [0.15, 0.2) is 30.3 Å². The Morgan fingerprint density at radius 3 is 2.22 bits per heavy atom. The van der Waals surface area contributed by atoms with Crippen LogP contribution >= 0.6 is 0 Å². The van der Waals surface area contributed by atoms with Crippen molar-refractivity contribution in [1.82, 2.24) is 4.90 Å². The molecular formula is C14H18N2O2. The molecule has 0 saturated carbocycles. The number of hydrogen-bond acceptors (Lipinski definition) is 3. The third-order valence-electron chi connectivity index (χ3n) is 3.57. The SMILES string of the molecule is CC(CN)(c1ccccc1)N1C(=O)CCCC1=O. The zero-order chi connectivity index (χ0) is 13.2. The molecule has 4 heteroatoms. The Kier molecular flexibility index (Phi) is 3.48. The van der Waals surface area contributed by atoms with Gasteiger partial charge in [0.25, 0.3) is 0 Å². The van der Waals surface area contributed by atoms with Gasteiger partial charge >= 0.3 is 0 Å². The molecule has 1 unspecified atom stereocenters. The summed E-state index contributed by atoms with van der Waals surface area (Å²) >= 11 is 0. The van der Waals surface area contributed by atoms with Crippen molar-refractivity contribution in [2.75, 3.05) is 6.54 Å². The Morgan fingerprint density at radius 2 is 1.72 bits per heavy atom. The third-order valence-corrected chi connectivity index (χ3v) is 3.57. The van der Waals surface area contributed by atoms with Gasteiger partial charge < -0.3 is 5.73 Å². The summed E-state index contributed by atoms with van der Waals surface area (Å²) in [7, 11) is 0. The number of piperidine rings is 1. The van der Waals surface area contributed by atoms with Gasteiger partial charge in [-0.1, -0.05) is 30.3 Å². The third kappa shape index (κ3) is 2.04. The Hall–Kier alpha value is -1.68. The second kappa shape index (κ2) is 4.90. The number of carbonyl (C=O) groups is 2. The maximum Gasteiger partial charge on any atom is 0.230 e. The van der Waals surface area contributed by atoms with Gasteiger partial charge in [-0.15, -0.1) is 0 Å². The molecule has 1 heterocycles. The molecule has 1 saturated heterocycles. The topological polar surface area (TPSA) is 63.4 Å². The average Bonchev–Trinajstić information content (AvgIpc) is 2.39. The Bertz CT molecular complexity index is 442. The van der Waals surface area contributed by atoms with Crippen LogP contribution in [0, 0.1) is 0 Å². The maximum atomic E-state index is 12.0. The second-order valence-corrected chi connectivity index (χ2v) is 4.82. The van der Waals surface area contributed by atoms with Crippen molar-refractivity contribution >= 4 is 11.8 Å². The molecule has 0 radical (unpaired) electrons. The highest BCUT2D eigenvalue weighted by Gasteiger charge is 2.41. The normalized spacial score (nSPS) is 19.8. The number of amides is 2. The van der Waals surface area contributed by atoms with E-state index in [4.69, 9.17) is 5.73 Å². The molecule has 18 heavy (non-hydrogen) atoms. The molecule has 1 atom stereocenters. The molecule has 0 bridgehead atoms. The van der Waals surface area contributed by atoms with Crippen molar-refractivity contribution in [3.63, 3.8) is 0 Å². The molecule has 1 aromatic carbocycles. The molecule has 0 aliphatic carbocycles.